The summed E-state index contributed by atoms with van der Waals surface area (Å²) in [6.07, 6.45) is 0. The molecule has 0 aliphatic rings. The summed E-state index contributed by atoms with van der Waals surface area (Å²) in [4.78, 5) is 0. The van der Waals surface area contributed by atoms with Crippen molar-refractivity contribution in [3.8, 4) is 11.3 Å². The maximum atomic E-state index is 8.81. The van der Waals surface area contributed by atoms with Crippen LogP contribution >= 0.6 is 33.9 Å². The summed E-state index contributed by atoms with van der Waals surface area (Å²) >= 11 is 3.95. The van der Waals surface area contributed by atoms with E-state index in [2.05, 4.69) is 33.8 Å². The van der Waals surface area contributed by atoms with Crippen LogP contribution in [0.25, 0.3) is 11.3 Å². The number of nitrogens with two attached hydrogens (primary N) is 1. The third-order valence-corrected chi connectivity index (χ3v) is 3.78. The van der Waals surface area contributed by atoms with E-state index in [0.29, 0.717) is 12.4 Å². The topological polar surface area (TPSA) is 64.1 Å². The molecule has 0 atom stereocenters. The first-order chi connectivity index (χ1) is 7.20. The van der Waals surface area contributed by atoms with Gasteiger partial charge < -0.3 is 10.8 Å². The molecule has 4 nitrogen and oxygen atoms in total. The fourth-order valence-corrected chi connectivity index (χ4v) is 2.63. The standard InChI is InChI=1S/C9H10IN3OS/c10-8-3-6(5-15-8)7-4-9(11)13(12-7)1-2-14/h3-5,14H,1-2,11H2. The number of thiophene rings is 1. The Bertz CT molecular complexity index is 466. The molecule has 0 saturated carbocycles. The minimum Gasteiger partial charge on any atom is -0.394 e. The van der Waals surface area contributed by atoms with Crippen molar-refractivity contribution in [3.63, 3.8) is 0 Å². The Labute approximate surface area is 105 Å². The van der Waals surface area contributed by atoms with Gasteiger partial charge in [-0.25, -0.2) is 4.68 Å². The van der Waals surface area contributed by atoms with Crippen LogP contribution in [0.2, 0.25) is 0 Å². The van der Waals surface area contributed by atoms with Crippen LogP contribution < -0.4 is 5.73 Å². The van der Waals surface area contributed by atoms with Gasteiger partial charge in [-0.05, 0) is 28.7 Å². The summed E-state index contributed by atoms with van der Waals surface area (Å²) in [6, 6.07) is 3.89. The molecule has 2 aromatic rings. The van der Waals surface area contributed by atoms with Crippen LogP contribution in [0.4, 0.5) is 5.82 Å². The quantitative estimate of drug-likeness (QED) is 0.841. The minimum atomic E-state index is 0.0481. The predicted octanol–water partition coefficient (Wildman–Crippen LogP) is 1.79. The van der Waals surface area contributed by atoms with Gasteiger partial charge in [-0.1, -0.05) is 0 Å². The van der Waals surface area contributed by atoms with Gasteiger partial charge in [0, 0.05) is 17.0 Å². The lowest BCUT2D eigenvalue weighted by Gasteiger charge is -1.98. The highest BCUT2D eigenvalue weighted by molar-refractivity contribution is 14.1. The van der Waals surface area contributed by atoms with Crippen molar-refractivity contribution in [2.45, 2.75) is 6.54 Å². The molecule has 0 saturated heterocycles. The van der Waals surface area contributed by atoms with Gasteiger partial charge in [-0.15, -0.1) is 11.3 Å². The van der Waals surface area contributed by atoms with E-state index in [9.17, 15) is 0 Å². The Hall–Kier alpha value is -0.600. The van der Waals surface area contributed by atoms with Gasteiger partial charge in [0.15, 0.2) is 0 Å². The molecule has 0 amide bonds. The average Bonchev–Trinajstić information content (AvgIpc) is 2.75. The van der Waals surface area contributed by atoms with E-state index >= 15 is 0 Å². The van der Waals surface area contributed by atoms with Crippen LogP contribution in [-0.4, -0.2) is 21.5 Å². The van der Waals surface area contributed by atoms with Gasteiger partial charge in [0.25, 0.3) is 0 Å². The highest BCUT2D eigenvalue weighted by Crippen LogP contribution is 2.26. The average molecular weight is 335 g/mol. The van der Waals surface area contributed by atoms with Crippen molar-refractivity contribution < 1.29 is 5.11 Å². The first kappa shape index (κ1) is 10.9. The lowest BCUT2D eigenvalue weighted by molar-refractivity contribution is 0.270. The Balaban J connectivity index is 2.33. The molecule has 0 fully saturated rings. The molecule has 3 N–H and O–H groups in total. The number of nitrogens with zero attached hydrogens (tertiary/aromatic N) is 2. The van der Waals surface area contributed by atoms with Crippen LogP contribution in [-0.2, 0) is 6.54 Å². The molecule has 0 radical (unpaired) electrons. The second-order valence-corrected chi connectivity index (χ2v) is 5.85. The Morgan fingerprint density at radius 2 is 2.33 bits per heavy atom. The van der Waals surface area contributed by atoms with E-state index in [1.165, 1.54) is 2.88 Å². The van der Waals surface area contributed by atoms with Gasteiger partial charge in [0.1, 0.15) is 5.82 Å². The van der Waals surface area contributed by atoms with Gasteiger partial charge in [-0.3, -0.25) is 0 Å². The minimum absolute atomic E-state index is 0.0481. The molecule has 2 aromatic heterocycles. The second kappa shape index (κ2) is 4.50. The van der Waals surface area contributed by atoms with E-state index in [1.807, 2.05) is 11.4 Å². The van der Waals surface area contributed by atoms with Gasteiger partial charge in [-0.2, -0.15) is 5.10 Å². The number of aliphatic hydroxyl groups is 1. The van der Waals surface area contributed by atoms with E-state index < -0.39 is 0 Å². The number of hydrogen-bond donors (Lipinski definition) is 2. The van der Waals surface area contributed by atoms with Crippen molar-refractivity contribution in [3.05, 3.63) is 20.4 Å². The zero-order chi connectivity index (χ0) is 10.8. The largest absolute Gasteiger partial charge is 0.394 e. The van der Waals surface area contributed by atoms with Crippen molar-refractivity contribution in [1.82, 2.24) is 9.78 Å². The highest BCUT2D eigenvalue weighted by atomic mass is 127. The number of halogens is 1. The molecule has 0 aliphatic carbocycles. The molecule has 15 heavy (non-hydrogen) atoms. The molecule has 0 bridgehead atoms. The smallest absolute Gasteiger partial charge is 0.122 e. The van der Waals surface area contributed by atoms with Crippen LogP contribution in [0.3, 0.4) is 0 Å². The maximum absolute atomic E-state index is 8.81. The number of aliphatic hydroxyl groups excluding tert-OH is 1. The van der Waals surface area contributed by atoms with Crippen LogP contribution in [0.1, 0.15) is 0 Å². The van der Waals surface area contributed by atoms with Gasteiger partial charge in [0.2, 0.25) is 0 Å². The molecular weight excluding hydrogens is 325 g/mol. The van der Waals surface area contributed by atoms with Crippen molar-refractivity contribution >= 4 is 39.7 Å². The zero-order valence-electron chi connectivity index (χ0n) is 7.85. The van der Waals surface area contributed by atoms with E-state index in [0.717, 1.165) is 11.3 Å². The molecule has 6 heteroatoms. The molecule has 0 spiro atoms. The fourth-order valence-electron chi connectivity index (χ4n) is 1.29. The SMILES string of the molecule is Nc1cc(-c2csc(I)c2)nn1CCO. The molecule has 2 rings (SSSR count). The van der Waals surface area contributed by atoms with Crippen molar-refractivity contribution in [2.75, 3.05) is 12.3 Å². The lowest BCUT2D eigenvalue weighted by atomic mass is 10.2. The summed E-state index contributed by atoms with van der Waals surface area (Å²) in [7, 11) is 0. The highest BCUT2D eigenvalue weighted by Gasteiger charge is 2.08. The van der Waals surface area contributed by atoms with E-state index in [1.54, 1.807) is 16.0 Å². The molecule has 0 aliphatic heterocycles. The summed E-state index contributed by atoms with van der Waals surface area (Å²) < 4.78 is 2.83. The third kappa shape index (κ3) is 2.32. The molecule has 2 heterocycles. The first-order valence-electron chi connectivity index (χ1n) is 4.39. The number of anilines is 1. The van der Waals surface area contributed by atoms with Gasteiger partial charge in [0.05, 0.1) is 21.7 Å². The summed E-state index contributed by atoms with van der Waals surface area (Å²) in [5, 5.41) is 15.2. The molecule has 0 unspecified atom stereocenters. The van der Waals surface area contributed by atoms with E-state index in [-0.39, 0.29) is 6.61 Å². The monoisotopic (exact) mass is 335 g/mol. The predicted molar refractivity (Wildman–Crippen MR) is 69.8 cm³/mol. The number of nitrogen functional groups attached to an aromatic ring is 1. The lowest BCUT2D eigenvalue weighted by Crippen LogP contribution is -2.07. The Kier molecular flexibility index (Phi) is 3.27. The Morgan fingerprint density at radius 3 is 2.93 bits per heavy atom. The summed E-state index contributed by atoms with van der Waals surface area (Å²) in [5.41, 5.74) is 7.70. The Morgan fingerprint density at radius 1 is 1.53 bits per heavy atom. The van der Waals surface area contributed by atoms with Crippen LogP contribution in [0.5, 0.6) is 0 Å². The number of rotatable bonds is 3. The summed E-state index contributed by atoms with van der Waals surface area (Å²) in [5.74, 6) is 0.584. The summed E-state index contributed by atoms with van der Waals surface area (Å²) in [6.45, 7) is 0.486. The number of aromatic nitrogens is 2. The fraction of sp³-hybridized carbons (Fsp3) is 0.222. The molecule has 80 valence electrons. The van der Waals surface area contributed by atoms with Gasteiger partial charge >= 0.3 is 0 Å². The molecular formula is C9H10IN3OS. The van der Waals surface area contributed by atoms with Crippen molar-refractivity contribution in [2.24, 2.45) is 0 Å². The molecule has 0 aromatic carbocycles. The third-order valence-electron chi connectivity index (χ3n) is 1.99. The van der Waals surface area contributed by atoms with Crippen LogP contribution in [0, 0.1) is 2.88 Å². The first-order valence-corrected chi connectivity index (χ1v) is 6.35. The normalized spacial score (nSPS) is 10.8. The zero-order valence-corrected chi connectivity index (χ0v) is 10.8. The van der Waals surface area contributed by atoms with Crippen molar-refractivity contribution in [1.29, 1.82) is 0 Å². The maximum Gasteiger partial charge on any atom is 0.122 e. The second-order valence-electron chi connectivity index (χ2n) is 3.04. The number of hydrogen-bond acceptors (Lipinski definition) is 4. The van der Waals surface area contributed by atoms with E-state index in [4.69, 9.17) is 10.8 Å². The van der Waals surface area contributed by atoms with Crippen LogP contribution in [0.15, 0.2) is 17.5 Å².